The van der Waals surface area contributed by atoms with Crippen molar-refractivity contribution in [3.8, 4) is 5.75 Å². The zero-order valence-corrected chi connectivity index (χ0v) is 13.0. The van der Waals surface area contributed by atoms with Gasteiger partial charge in [-0.25, -0.2) is 0 Å². The average Bonchev–Trinajstić information content (AvgIpc) is 3.24. The molecule has 0 aromatic heterocycles. The first-order valence-electron chi connectivity index (χ1n) is 7.54. The number of nitro benzene ring substituents is 3. The Morgan fingerprint density at radius 2 is 1.60 bits per heavy atom. The van der Waals surface area contributed by atoms with Gasteiger partial charge in [-0.2, -0.15) is 0 Å². The third-order valence-electron chi connectivity index (χ3n) is 3.87. The summed E-state index contributed by atoms with van der Waals surface area (Å²) in [5.41, 5.74) is -3.00. The number of hydrogen-bond donors (Lipinski definition) is 2. The van der Waals surface area contributed by atoms with Gasteiger partial charge in [0.25, 0.3) is 11.4 Å². The molecule has 1 saturated heterocycles. The molecule has 2 atom stereocenters. The first-order chi connectivity index (χ1) is 11.8. The van der Waals surface area contributed by atoms with Crippen LogP contribution in [0.1, 0.15) is 25.7 Å². The molecule has 1 aliphatic heterocycles. The molecule has 1 aromatic rings. The molecule has 2 aliphatic rings. The Kier molecular flexibility index (Phi) is 5.60. The molecule has 25 heavy (non-hydrogen) atoms. The number of non-ortho nitro benzene ring substituents is 1. The minimum atomic E-state index is -1.21. The number of benzene rings is 1. The highest BCUT2D eigenvalue weighted by Gasteiger charge is 2.33. The molecule has 11 heteroatoms. The van der Waals surface area contributed by atoms with Crippen molar-refractivity contribution in [2.75, 3.05) is 0 Å². The first kappa shape index (κ1) is 18.3. The topological polar surface area (TPSA) is 172 Å². The largest absolute Gasteiger partial charge is 0.497 e. The second-order valence-electron chi connectivity index (χ2n) is 5.62. The van der Waals surface area contributed by atoms with E-state index in [-0.39, 0.29) is 0 Å². The van der Waals surface area contributed by atoms with E-state index in [1.165, 1.54) is 25.7 Å². The maximum atomic E-state index is 10.4. The van der Waals surface area contributed by atoms with Crippen molar-refractivity contribution in [1.82, 2.24) is 5.32 Å². The van der Waals surface area contributed by atoms with Crippen LogP contribution in [0.15, 0.2) is 24.3 Å². The second-order valence-corrected chi connectivity index (χ2v) is 5.62. The zero-order chi connectivity index (χ0) is 18.6. The van der Waals surface area contributed by atoms with E-state index >= 15 is 0 Å². The number of aromatic hydroxyl groups is 1. The lowest BCUT2D eigenvalue weighted by Gasteiger charge is -1.97. The standard InChI is InChI=1S/C8H13N.C6H3N3O7/c1-2-4-6-8-7(9-8)5-3-1;10-6-4(8(13)14)1-3(7(11)12)2-5(6)9(15)16/h3,5,7-9H,1-2,4,6H2;1-2,10H/b5-3-;. The van der Waals surface area contributed by atoms with Crippen LogP contribution in [0.2, 0.25) is 0 Å². The van der Waals surface area contributed by atoms with E-state index in [4.69, 9.17) is 5.11 Å². The summed E-state index contributed by atoms with van der Waals surface area (Å²) in [5, 5.41) is 43.6. The van der Waals surface area contributed by atoms with Crippen LogP contribution >= 0.6 is 0 Å². The number of nitrogens with one attached hydrogen (secondary N) is 1. The number of fused-ring (bicyclic) bond motifs is 1. The van der Waals surface area contributed by atoms with Crippen LogP contribution in [0.4, 0.5) is 17.1 Å². The summed E-state index contributed by atoms with van der Waals surface area (Å²) in [6.45, 7) is 0. The van der Waals surface area contributed by atoms with Crippen LogP contribution < -0.4 is 5.32 Å². The molecular formula is C14H16N4O7. The predicted octanol–water partition coefficient (Wildman–Crippen LogP) is 2.57. The van der Waals surface area contributed by atoms with Gasteiger partial charge >= 0.3 is 11.4 Å². The van der Waals surface area contributed by atoms with E-state index in [1.807, 2.05) is 0 Å². The molecule has 1 heterocycles. The Labute approximate surface area is 141 Å². The normalized spacial score (nSPS) is 22.2. The molecule has 0 spiro atoms. The van der Waals surface area contributed by atoms with Gasteiger partial charge in [0.15, 0.2) is 0 Å². The van der Waals surface area contributed by atoms with Crippen molar-refractivity contribution >= 4 is 17.1 Å². The number of phenolic OH excluding ortho intramolecular Hbond substituents is 1. The predicted molar refractivity (Wildman–Crippen MR) is 86.4 cm³/mol. The molecular weight excluding hydrogens is 336 g/mol. The van der Waals surface area contributed by atoms with E-state index in [2.05, 4.69) is 17.5 Å². The monoisotopic (exact) mass is 352 g/mol. The Morgan fingerprint density at radius 3 is 2.12 bits per heavy atom. The summed E-state index contributed by atoms with van der Waals surface area (Å²) in [5.74, 6) is -1.21. The minimum Gasteiger partial charge on any atom is -0.497 e. The molecule has 134 valence electrons. The van der Waals surface area contributed by atoms with Crippen LogP contribution in [0.5, 0.6) is 5.75 Å². The lowest BCUT2D eigenvalue weighted by molar-refractivity contribution is -0.404. The second kappa shape index (κ2) is 7.66. The van der Waals surface area contributed by atoms with Gasteiger partial charge in [-0.3, -0.25) is 30.3 Å². The van der Waals surface area contributed by atoms with Gasteiger partial charge in [0.1, 0.15) is 0 Å². The number of nitrogens with zero attached hydrogens (tertiary/aromatic N) is 3. The number of hydrogen-bond acceptors (Lipinski definition) is 8. The van der Waals surface area contributed by atoms with Gasteiger partial charge in [0.2, 0.25) is 0 Å². The molecule has 2 unspecified atom stereocenters. The van der Waals surface area contributed by atoms with Crippen LogP contribution in [0.25, 0.3) is 0 Å². The number of phenols is 1. The summed E-state index contributed by atoms with van der Waals surface area (Å²) in [4.78, 5) is 27.8. The smallest absolute Gasteiger partial charge is 0.324 e. The lowest BCUT2D eigenvalue weighted by Crippen LogP contribution is -1.97. The third kappa shape index (κ3) is 4.70. The Hall–Kier alpha value is -3.08. The molecule has 0 saturated carbocycles. The van der Waals surface area contributed by atoms with Crippen LogP contribution in [-0.2, 0) is 0 Å². The summed E-state index contributed by atoms with van der Waals surface area (Å²) in [6, 6.07) is 2.50. The van der Waals surface area contributed by atoms with E-state index in [0.29, 0.717) is 12.1 Å². The van der Waals surface area contributed by atoms with Crippen molar-refractivity contribution in [2.45, 2.75) is 37.8 Å². The Balaban J connectivity index is 0.000000208. The van der Waals surface area contributed by atoms with Gasteiger partial charge < -0.3 is 10.4 Å². The number of rotatable bonds is 3. The van der Waals surface area contributed by atoms with Gasteiger partial charge in [-0.15, -0.1) is 0 Å². The van der Waals surface area contributed by atoms with E-state index < -0.39 is 37.6 Å². The molecule has 0 amide bonds. The third-order valence-corrected chi connectivity index (χ3v) is 3.87. The van der Waals surface area contributed by atoms with Gasteiger partial charge in [0, 0.05) is 12.1 Å². The summed E-state index contributed by atoms with van der Waals surface area (Å²) in [6.07, 6.45) is 10.1. The summed E-state index contributed by atoms with van der Waals surface area (Å²) >= 11 is 0. The molecule has 3 rings (SSSR count). The number of allylic oxidation sites excluding steroid dienone is 1. The highest BCUT2D eigenvalue weighted by Crippen LogP contribution is 2.38. The first-order valence-corrected chi connectivity index (χ1v) is 7.54. The van der Waals surface area contributed by atoms with Crippen LogP contribution in [0, 0.1) is 30.3 Å². The SMILES string of the molecule is C1=C\C2NC2CCCC/1.O=[N+]([O-])c1cc([N+](=O)[O-])c(O)c([N+](=O)[O-])c1. The van der Waals surface area contributed by atoms with Crippen molar-refractivity contribution in [2.24, 2.45) is 0 Å². The van der Waals surface area contributed by atoms with Gasteiger partial charge in [-0.1, -0.05) is 18.6 Å². The number of nitro groups is 3. The fourth-order valence-corrected chi connectivity index (χ4v) is 2.49. The highest BCUT2D eigenvalue weighted by molar-refractivity contribution is 5.64. The van der Waals surface area contributed by atoms with Crippen molar-refractivity contribution < 1.29 is 19.9 Å². The fraction of sp³-hybridized carbons (Fsp3) is 0.429. The van der Waals surface area contributed by atoms with Gasteiger partial charge in [-0.05, 0) is 19.3 Å². The minimum absolute atomic E-state index is 0.447. The molecule has 11 nitrogen and oxygen atoms in total. The van der Waals surface area contributed by atoms with E-state index in [9.17, 15) is 30.3 Å². The van der Waals surface area contributed by atoms with Crippen LogP contribution in [0.3, 0.4) is 0 Å². The quantitative estimate of drug-likeness (QED) is 0.361. The van der Waals surface area contributed by atoms with E-state index in [0.717, 1.165) is 12.1 Å². The van der Waals surface area contributed by atoms with E-state index in [1.54, 1.807) is 0 Å². The average molecular weight is 352 g/mol. The highest BCUT2D eigenvalue weighted by atomic mass is 16.6. The lowest BCUT2D eigenvalue weighted by atomic mass is 10.1. The van der Waals surface area contributed by atoms with Crippen LogP contribution in [-0.4, -0.2) is 32.0 Å². The summed E-state index contributed by atoms with van der Waals surface area (Å²) < 4.78 is 0. The molecule has 1 aromatic carbocycles. The maximum absolute atomic E-state index is 10.4. The molecule has 1 aliphatic carbocycles. The Bertz CT molecular complexity index is 699. The molecule has 0 bridgehead atoms. The maximum Gasteiger partial charge on any atom is 0.324 e. The van der Waals surface area contributed by atoms with Crippen molar-refractivity contribution in [3.63, 3.8) is 0 Å². The fourth-order valence-electron chi connectivity index (χ4n) is 2.49. The molecule has 1 fully saturated rings. The van der Waals surface area contributed by atoms with Crippen molar-refractivity contribution in [3.05, 3.63) is 54.6 Å². The summed E-state index contributed by atoms with van der Waals surface area (Å²) in [7, 11) is 0. The zero-order valence-electron chi connectivity index (χ0n) is 13.0. The molecule has 0 radical (unpaired) electrons. The Morgan fingerprint density at radius 1 is 1.00 bits per heavy atom. The van der Waals surface area contributed by atoms with Crippen molar-refractivity contribution in [1.29, 1.82) is 0 Å². The van der Waals surface area contributed by atoms with Gasteiger partial charge in [0.05, 0.1) is 26.9 Å². The molecule has 2 N–H and O–H groups in total.